The molecule has 0 aliphatic carbocycles. The lowest BCUT2D eigenvalue weighted by Crippen LogP contribution is -2.31. The van der Waals surface area contributed by atoms with Crippen LogP contribution >= 0.6 is 11.6 Å². The van der Waals surface area contributed by atoms with Gasteiger partial charge in [0.25, 0.3) is 0 Å². The van der Waals surface area contributed by atoms with Gasteiger partial charge in [0, 0.05) is 17.7 Å². The summed E-state index contributed by atoms with van der Waals surface area (Å²) in [6.45, 7) is 5.30. The fraction of sp³-hybridized carbons (Fsp3) is 0.571. The molecule has 0 spiro atoms. The smallest absolute Gasteiger partial charge is 0.122 e. The topological polar surface area (TPSA) is 30.5 Å². The summed E-state index contributed by atoms with van der Waals surface area (Å²) in [5.41, 5.74) is 1.16. The van der Waals surface area contributed by atoms with Crippen molar-refractivity contribution >= 4 is 11.6 Å². The summed E-state index contributed by atoms with van der Waals surface area (Å²) >= 11 is 6.03. The van der Waals surface area contributed by atoms with E-state index in [2.05, 4.69) is 5.32 Å². The minimum atomic E-state index is 0.500. The largest absolute Gasteiger partial charge is 0.494 e. The van der Waals surface area contributed by atoms with E-state index in [1.54, 1.807) is 0 Å². The van der Waals surface area contributed by atoms with Gasteiger partial charge >= 0.3 is 0 Å². The summed E-state index contributed by atoms with van der Waals surface area (Å²) < 4.78 is 10.9. The molecule has 1 saturated heterocycles. The van der Waals surface area contributed by atoms with E-state index < -0.39 is 0 Å². The first-order valence-corrected chi connectivity index (χ1v) is 6.89. The van der Waals surface area contributed by atoms with E-state index in [0.717, 1.165) is 48.9 Å². The Hall–Kier alpha value is -0.770. The molecule has 3 nitrogen and oxygen atoms in total. The van der Waals surface area contributed by atoms with Gasteiger partial charge in [0.1, 0.15) is 5.75 Å². The van der Waals surface area contributed by atoms with Crippen LogP contribution in [-0.4, -0.2) is 32.4 Å². The van der Waals surface area contributed by atoms with Crippen molar-refractivity contribution in [1.29, 1.82) is 0 Å². The Kier molecular flexibility index (Phi) is 5.29. The van der Waals surface area contributed by atoms with Crippen LogP contribution in [-0.2, 0) is 11.2 Å². The Morgan fingerprint density at radius 1 is 1.50 bits per heavy atom. The van der Waals surface area contributed by atoms with Crippen molar-refractivity contribution in [3.63, 3.8) is 0 Å². The Balaban J connectivity index is 1.88. The lowest BCUT2D eigenvalue weighted by Gasteiger charge is -2.13. The van der Waals surface area contributed by atoms with Gasteiger partial charge in [0.2, 0.25) is 0 Å². The van der Waals surface area contributed by atoms with Gasteiger partial charge < -0.3 is 14.8 Å². The second kappa shape index (κ2) is 6.98. The molecule has 2 rings (SSSR count). The minimum Gasteiger partial charge on any atom is -0.494 e. The highest BCUT2D eigenvalue weighted by Crippen LogP contribution is 2.23. The highest BCUT2D eigenvalue weighted by molar-refractivity contribution is 6.30. The molecule has 1 aliphatic rings. The van der Waals surface area contributed by atoms with Crippen LogP contribution in [0.25, 0.3) is 0 Å². The van der Waals surface area contributed by atoms with Crippen LogP contribution in [0, 0.1) is 0 Å². The van der Waals surface area contributed by atoms with Crippen molar-refractivity contribution in [2.75, 3.05) is 26.4 Å². The number of hydrogen-bond donors (Lipinski definition) is 1. The maximum Gasteiger partial charge on any atom is 0.122 e. The predicted molar refractivity (Wildman–Crippen MR) is 73.6 cm³/mol. The Morgan fingerprint density at radius 3 is 3.11 bits per heavy atom. The molecule has 1 heterocycles. The molecule has 0 unspecified atom stereocenters. The second-order valence-corrected chi connectivity index (χ2v) is 4.89. The van der Waals surface area contributed by atoms with Gasteiger partial charge in [-0.05, 0) is 50.1 Å². The highest BCUT2D eigenvalue weighted by Gasteiger charge is 2.14. The number of benzene rings is 1. The quantitative estimate of drug-likeness (QED) is 0.861. The van der Waals surface area contributed by atoms with Gasteiger partial charge in [-0.25, -0.2) is 0 Å². The fourth-order valence-electron chi connectivity index (χ4n) is 2.15. The molecule has 0 saturated carbocycles. The third-order valence-electron chi connectivity index (χ3n) is 3.08. The molecule has 0 radical (unpaired) electrons. The van der Waals surface area contributed by atoms with Gasteiger partial charge in [-0.15, -0.1) is 0 Å². The Bertz CT molecular complexity index is 378. The molecule has 0 amide bonds. The normalized spacial score (nSPS) is 19.1. The number of nitrogens with one attached hydrogen (secondary N) is 1. The summed E-state index contributed by atoms with van der Waals surface area (Å²) in [6, 6.07) is 6.30. The van der Waals surface area contributed by atoms with E-state index in [-0.39, 0.29) is 0 Å². The van der Waals surface area contributed by atoms with E-state index in [0.29, 0.717) is 12.6 Å². The molecule has 1 fully saturated rings. The Morgan fingerprint density at radius 2 is 2.39 bits per heavy atom. The van der Waals surface area contributed by atoms with Crippen LogP contribution in [0.15, 0.2) is 18.2 Å². The number of ether oxygens (including phenoxy) is 2. The van der Waals surface area contributed by atoms with E-state index in [4.69, 9.17) is 21.1 Å². The van der Waals surface area contributed by atoms with Crippen LogP contribution in [0.1, 0.15) is 18.9 Å². The third-order valence-corrected chi connectivity index (χ3v) is 3.31. The molecule has 1 aromatic rings. The van der Waals surface area contributed by atoms with Crippen molar-refractivity contribution in [3.05, 3.63) is 28.8 Å². The van der Waals surface area contributed by atoms with Crippen LogP contribution in [0.3, 0.4) is 0 Å². The zero-order valence-corrected chi connectivity index (χ0v) is 11.5. The molecule has 100 valence electrons. The summed E-state index contributed by atoms with van der Waals surface area (Å²) in [4.78, 5) is 0. The number of halogens is 1. The Labute approximate surface area is 113 Å². The minimum absolute atomic E-state index is 0.500. The first-order chi connectivity index (χ1) is 8.79. The van der Waals surface area contributed by atoms with Gasteiger partial charge in [-0.1, -0.05) is 11.6 Å². The highest BCUT2D eigenvalue weighted by atomic mass is 35.5. The lowest BCUT2D eigenvalue weighted by molar-refractivity contribution is 0.190. The second-order valence-electron chi connectivity index (χ2n) is 4.45. The van der Waals surface area contributed by atoms with E-state index in [1.165, 1.54) is 0 Å². The first-order valence-electron chi connectivity index (χ1n) is 6.52. The average Bonchev–Trinajstić information content (AvgIpc) is 2.86. The average molecular weight is 270 g/mol. The summed E-state index contributed by atoms with van der Waals surface area (Å²) in [7, 11) is 0. The molecule has 1 atom stereocenters. The van der Waals surface area contributed by atoms with Crippen LogP contribution in [0.5, 0.6) is 5.75 Å². The van der Waals surface area contributed by atoms with E-state index in [1.807, 2.05) is 25.1 Å². The molecule has 0 bridgehead atoms. The standard InChI is InChI=1S/C14H20ClNO2/c1-2-18-14-4-3-12(15)9-11(14)5-7-16-13-6-8-17-10-13/h3-4,9,13,16H,2,5-8,10H2,1H3/t13-/m1/s1. The maximum atomic E-state index is 6.03. The van der Waals surface area contributed by atoms with Crippen LogP contribution < -0.4 is 10.1 Å². The zero-order valence-electron chi connectivity index (χ0n) is 10.7. The third kappa shape index (κ3) is 3.87. The number of rotatable bonds is 6. The van der Waals surface area contributed by atoms with Gasteiger partial charge in [0.15, 0.2) is 0 Å². The predicted octanol–water partition coefficient (Wildman–Crippen LogP) is 2.66. The zero-order chi connectivity index (χ0) is 12.8. The molecule has 4 heteroatoms. The fourth-order valence-corrected chi connectivity index (χ4v) is 2.34. The lowest BCUT2D eigenvalue weighted by atomic mass is 10.1. The summed E-state index contributed by atoms with van der Waals surface area (Å²) in [5.74, 6) is 0.936. The van der Waals surface area contributed by atoms with Crippen LogP contribution in [0.2, 0.25) is 5.02 Å². The number of hydrogen-bond acceptors (Lipinski definition) is 3. The monoisotopic (exact) mass is 269 g/mol. The molecule has 1 aromatic carbocycles. The molecular weight excluding hydrogens is 250 g/mol. The molecule has 0 aromatic heterocycles. The molecule has 1 aliphatic heterocycles. The van der Waals surface area contributed by atoms with E-state index >= 15 is 0 Å². The van der Waals surface area contributed by atoms with Gasteiger partial charge in [-0.3, -0.25) is 0 Å². The van der Waals surface area contributed by atoms with Crippen molar-refractivity contribution in [1.82, 2.24) is 5.32 Å². The van der Waals surface area contributed by atoms with E-state index in [9.17, 15) is 0 Å². The van der Waals surface area contributed by atoms with Crippen molar-refractivity contribution in [2.45, 2.75) is 25.8 Å². The maximum absolute atomic E-state index is 6.03. The van der Waals surface area contributed by atoms with Crippen LogP contribution in [0.4, 0.5) is 0 Å². The summed E-state index contributed by atoms with van der Waals surface area (Å²) in [6.07, 6.45) is 2.03. The molecular formula is C14H20ClNO2. The van der Waals surface area contributed by atoms with Gasteiger partial charge in [0.05, 0.1) is 13.2 Å². The first kappa shape index (κ1) is 13.7. The van der Waals surface area contributed by atoms with Crippen molar-refractivity contribution in [2.24, 2.45) is 0 Å². The molecule has 1 N–H and O–H groups in total. The summed E-state index contributed by atoms with van der Waals surface area (Å²) in [5, 5.41) is 4.26. The molecule has 18 heavy (non-hydrogen) atoms. The SMILES string of the molecule is CCOc1ccc(Cl)cc1CCN[C@@H]1CCOC1. The van der Waals surface area contributed by atoms with Crippen molar-refractivity contribution in [3.8, 4) is 5.75 Å². The van der Waals surface area contributed by atoms with Crippen molar-refractivity contribution < 1.29 is 9.47 Å². The van der Waals surface area contributed by atoms with Gasteiger partial charge in [-0.2, -0.15) is 0 Å².